The molecule has 6 heteroatoms. The highest BCUT2D eigenvalue weighted by molar-refractivity contribution is 9.10. The maximum absolute atomic E-state index is 12.6. The van der Waals surface area contributed by atoms with Gasteiger partial charge in [-0.2, -0.15) is 0 Å². The fraction of sp³-hybridized carbons (Fsp3) is 0.214. The van der Waals surface area contributed by atoms with Crippen molar-refractivity contribution in [2.24, 2.45) is 0 Å². The Bertz CT molecular complexity index is 636. The molecule has 0 amide bonds. The van der Waals surface area contributed by atoms with Gasteiger partial charge in [0.2, 0.25) is 5.78 Å². The number of thiophene rings is 1. The molecule has 1 aromatic carbocycles. The lowest BCUT2D eigenvalue weighted by Gasteiger charge is -2.12. The van der Waals surface area contributed by atoms with Crippen molar-refractivity contribution >= 4 is 33.0 Å². The number of carbonyl (C=O) groups is 1. The van der Waals surface area contributed by atoms with E-state index in [-0.39, 0.29) is 5.78 Å². The molecule has 0 aliphatic heterocycles. The number of benzene rings is 1. The molecule has 0 fully saturated rings. The van der Waals surface area contributed by atoms with Crippen molar-refractivity contribution in [2.45, 2.75) is 0 Å². The van der Waals surface area contributed by atoms with Gasteiger partial charge in [0, 0.05) is 0 Å². The van der Waals surface area contributed by atoms with Crippen LogP contribution in [0.1, 0.15) is 15.2 Å². The van der Waals surface area contributed by atoms with Crippen LogP contribution in [0.2, 0.25) is 0 Å². The van der Waals surface area contributed by atoms with Gasteiger partial charge in [-0.1, -0.05) is 0 Å². The van der Waals surface area contributed by atoms with Crippen molar-refractivity contribution in [3.05, 3.63) is 38.5 Å². The van der Waals surface area contributed by atoms with Gasteiger partial charge in [-0.05, 0) is 39.5 Å². The topological polar surface area (TPSA) is 44.8 Å². The molecule has 0 radical (unpaired) electrons. The lowest BCUT2D eigenvalue weighted by atomic mass is 10.1. The second-order valence-corrected chi connectivity index (χ2v) is 5.52. The zero-order valence-electron chi connectivity index (χ0n) is 11.2. The van der Waals surface area contributed by atoms with Crippen LogP contribution < -0.4 is 14.2 Å². The van der Waals surface area contributed by atoms with E-state index in [1.165, 1.54) is 18.4 Å². The van der Waals surface area contributed by atoms with E-state index >= 15 is 0 Å². The van der Waals surface area contributed by atoms with Crippen molar-refractivity contribution in [1.82, 2.24) is 0 Å². The highest BCUT2D eigenvalue weighted by Gasteiger charge is 2.22. The van der Waals surface area contributed by atoms with Crippen LogP contribution in [-0.4, -0.2) is 27.1 Å². The third kappa shape index (κ3) is 2.53. The Morgan fingerprint density at radius 2 is 1.75 bits per heavy atom. The van der Waals surface area contributed by atoms with E-state index in [0.717, 1.165) is 0 Å². The Kier molecular flexibility index (Phi) is 4.67. The zero-order valence-corrected chi connectivity index (χ0v) is 13.6. The SMILES string of the molecule is COc1ccsc1C(=O)c1ccc(OC)c(Br)c1OC. The lowest BCUT2D eigenvalue weighted by molar-refractivity contribution is 0.103. The summed E-state index contributed by atoms with van der Waals surface area (Å²) >= 11 is 4.72. The van der Waals surface area contributed by atoms with Crippen molar-refractivity contribution in [3.8, 4) is 17.2 Å². The summed E-state index contributed by atoms with van der Waals surface area (Å²) in [6.45, 7) is 0. The number of ether oxygens (including phenoxy) is 3. The normalized spacial score (nSPS) is 10.2. The molecule has 20 heavy (non-hydrogen) atoms. The van der Waals surface area contributed by atoms with Crippen LogP contribution >= 0.6 is 27.3 Å². The quantitative estimate of drug-likeness (QED) is 0.765. The molecular weight excluding hydrogens is 344 g/mol. The molecular formula is C14H13BrO4S. The molecule has 1 aromatic heterocycles. The third-order valence-corrected chi connectivity index (χ3v) is 4.43. The van der Waals surface area contributed by atoms with E-state index in [0.29, 0.717) is 32.2 Å². The average Bonchev–Trinajstić information content (AvgIpc) is 2.94. The monoisotopic (exact) mass is 356 g/mol. The minimum Gasteiger partial charge on any atom is -0.495 e. The summed E-state index contributed by atoms with van der Waals surface area (Å²) in [6.07, 6.45) is 0. The first-order chi connectivity index (χ1) is 9.63. The molecule has 0 aliphatic rings. The second kappa shape index (κ2) is 6.28. The molecule has 0 saturated carbocycles. The van der Waals surface area contributed by atoms with Gasteiger partial charge in [0.05, 0.1) is 26.9 Å². The number of rotatable bonds is 5. The zero-order chi connectivity index (χ0) is 14.7. The van der Waals surface area contributed by atoms with Gasteiger partial charge in [0.25, 0.3) is 0 Å². The van der Waals surface area contributed by atoms with Gasteiger partial charge in [-0.25, -0.2) is 0 Å². The first-order valence-corrected chi connectivity index (χ1v) is 7.38. The van der Waals surface area contributed by atoms with Crippen LogP contribution in [0.4, 0.5) is 0 Å². The van der Waals surface area contributed by atoms with E-state index < -0.39 is 0 Å². The molecule has 0 unspecified atom stereocenters. The van der Waals surface area contributed by atoms with E-state index in [2.05, 4.69) is 15.9 Å². The Labute approximate surface area is 129 Å². The molecule has 0 saturated heterocycles. The fourth-order valence-electron chi connectivity index (χ4n) is 1.82. The summed E-state index contributed by atoms with van der Waals surface area (Å²) in [5.74, 6) is 1.48. The number of methoxy groups -OCH3 is 3. The molecule has 2 rings (SSSR count). The van der Waals surface area contributed by atoms with Gasteiger partial charge in [-0.3, -0.25) is 4.79 Å². The van der Waals surface area contributed by atoms with Gasteiger partial charge < -0.3 is 14.2 Å². The molecule has 2 aromatic rings. The second-order valence-electron chi connectivity index (χ2n) is 3.81. The summed E-state index contributed by atoms with van der Waals surface area (Å²) in [7, 11) is 4.62. The Hall–Kier alpha value is -1.53. The van der Waals surface area contributed by atoms with Crippen LogP contribution in [0.5, 0.6) is 17.2 Å². The van der Waals surface area contributed by atoms with Crippen LogP contribution in [0, 0.1) is 0 Å². The molecule has 106 valence electrons. The van der Waals surface area contributed by atoms with E-state index in [1.54, 1.807) is 32.4 Å². The molecule has 0 spiro atoms. The average molecular weight is 357 g/mol. The van der Waals surface area contributed by atoms with Crippen molar-refractivity contribution < 1.29 is 19.0 Å². The predicted molar refractivity (Wildman–Crippen MR) is 81.5 cm³/mol. The summed E-state index contributed by atoms with van der Waals surface area (Å²) in [6, 6.07) is 5.17. The molecule has 0 N–H and O–H groups in total. The highest BCUT2D eigenvalue weighted by atomic mass is 79.9. The number of carbonyl (C=O) groups excluding carboxylic acids is 1. The third-order valence-electron chi connectivity index (χ3n) is 2.79. The van der Waals surface area contributed by atoms with E-state index in [9.17, 15) is 4.79 Å². The maximum Gasteiger partial charge on any atom is 0.210 e. The molecule has 1 heterocycles. The van der Waals surface area contributed by atoms with Gasteiger partial charge in [0.1, 0.15) is 26.6 Å². The summed E-state index contributed by atoms with van der Waals surface area (Å²) < 4.78 is 16.3. The molecule has 0 aliphatic carbocycles. The standard InChI is InChI=1S/C14H13BrO4S/c1-17-9-5-4-8(13(19-3)11(9)15)12(16)14-10(18-2)6-7-20-14/h4-7H,1-3H3. The summed E-state index contributed by atoms with van der Waals surface area (Å²) in [5.41, 5.74) is 0.459. The largest absolute Gasteiger partial charge is 0.495 e. The van der Waals surface area contributed by atoms with Crippen LogP contribution in [0.3, 0.4) is 0 Å². The van der Waals surface area contributed by atoms with Crippen molar-refractivity contribution in [3.63, 3.8) is 0 Å². The van der Waals surface area contributed by atoms with Crippen molar-refractivity contribution in [2.75, 3.05) is 21.3 Å². The molecule has 4 nitrogen and oxygen atoms in total. The Balaban J connectivity index is 2.53. The van der Waals surface area contributed by atoms with Gasteiger partial charge in [0.15, 0.2) is 0 Å². The van der Waals surface area contributed by atoms with Gasteiger partial charge in [-0.15, -0.1) is 11.3 Å². The number of halogens is 1. The fourth-order valence-corrected chi connectivity index (χ4v) is 3.30. The minimum atomic E-state index is -0.142. The van der Waals surface area contributed by atoms with Gasteiger partial charge >= 0.3 is 0 Å². The molecule has 0 bridgehead atoms. The predicted octanol–water partition coefficient (Wildman–Crippen LogP) is 3.77. The minimum absolute atomic E-state index is 0.142. The Morgan fingerprint density at radius 1 is 1.05 bits per heavy atom. The van der Waals surface area contributed by atoms with Crippen LogP contribution in [0.15, 0.2) is 28.1 Å². The molecule has 0 atom stereocenters. The lowest BCUT2D eigenvalue weighted by Crippen LogP contribution is -2.04. The van der Waals surface area contributed by atoms with Crippen LogP contribution in [-0.2, 0) is 0 Å². The van der Waals surface area contributed by atoms with Crippen molar-refractivity contribution in [1.29, 1.82) is 0 Å². The van der Waals surface area contributed by atoms with E-state index in [1.807, 2.05) is 5.38 Å². The maximum atomic E-state index is 12.6. The highest BCUT2D eigenvalue weighted by Crippen LogP contribution is 2.39. The summed E-state index contributed by atoms with van der Waals surface area (Å²) in [4.78, 5) is 13.2. The van der Waals surface area contributed by atoms with Crippen LogP contribution in [0.25, 0.3) is 0 Å². The van der Waals surface area contributed by atoms with E-state index in [4.69, 9.17) is 14.2 Å². The first kappa shape index (κ1) is 14.9. The Morgan fingerprint density at radius 3 is 2.35 bits per heavy atom. The number of ketones is 1. The number of hydrogen-bond acceptors (Lipinski definition) is 5. The summed E-state index contributed by atoms with van der Waals surface area (Å²) in [5, 5.41) is 1.82. The first-order valence-electron chi connectivity index (χ1n) is 5.70. The smallest absolute Gasteiger partial charge is 0.210 e. The number of hydrogen-bond donors (Lipinski definition) is 0.